The lowest BCUT2D eigenvalue weighted by Crippen LogP contribution is -2.42. The summed E-state index contributed by atoms with van der Waals surface area (Å²) in [5.41, 5.74) is 7.16. The first-order valence-electron chi connectivity index (χ1n) is 9.20. The van der Waals surface area contributed by atoms with Gasteiger partial charge in [-0.05, 0) is 45.2 Å². The molecule has 0 fully saturated rings. The topological polar surface area (TPSA) is 130 Å². The minimum Gasteiger partial charge on any atom is -0.454 e. The summed E-state index contributed by atoms with van der Waals surface area (Å²) in [5.74, 6) is 2.00. The lowest BCUT2D eigenvalue weighted by atomic mass is 10.1. The van der Waals surface area contributed by atoms with Gasteiger partial charge in [0.05, 0.1) is 0 Å². The quantitative estimate of drug-likeness (QED) is 0.586. The number of nitrogens with one attached hydrogen (secondary N) is 1. The third-order valence-electron chi connectivity index (χ3n) is 4.23. The summed E-state index contributed by atoms with van der Waals surface area (Å²) in [4.78, 5) is 16.8. The van der Waals surface area contributed by atoms with Crippen molar-refractivity contribution in [3.63, 3.8) is 0 Å². The molecule has 0 saturated heterocycles. The van der Waals surface area contributed by atoms with Gasteiger partial charge in [0.25, 0.3) is 5.89 Å². The van der Waals surface area contributed by atoms with E-state index in [-0.39, 0.29) is 36.5 Å². The molecule has 10 nitrogen and oxygen atoms in total. The minimum absolute atomic E-state index is 0.0141. The summed E-state index contributed by atoms with van der Waals surface area (Å²) in [6, 6.07) is 5.40. The van der Waals surface area contributed by atoms with Crippen molar-refractivity contribution < 1.29 is 18.8 Å². The normalized spacial score (nSPS) is 12.9. The van der Waals surface area contributed by atoms with Crippen LogP contribution in [0.25, 0.3) is 22.8 Å². The molecule has 0 atom stereocenters. The van der Waals surface area contributed by atoms with Crippen molar-refractivity contribution in [3.05, 3.63) is 18.2 Å². The summed E-state index contributed by atoms with van der Waals surface area (Å²) in [7, 11) is 0. The number of amides is 1. The van der Waals surface area contributed by atoms with Gasteiger partial charge in [-0.1, -0.05) is 5.16 Å². The number of carbonyl (C=O) groups is 1. The molecule has 158 valence electrons. The van der Waals surface area contributed by atoms with Crippen molar-refractivity contribution in [3.8, 4) is 34.3 Å². The number of ether oxygens (including phenoxy) is 2. The van der Waals surface area contributed by atoms with Crippen LogP contribution >= 0.6 is 11.8 Å². The third-order valence-corrected chi connectivity index (χ3v) is 4.90. The average molecular weight is 430 g/mol. The lowest BCUT2D eigenvalue weighted by Gasteiger charge is -2.20. The Morgan fingerprint density at radius 1 is 1.30 bits per heavy atom. The summed E-state index contributed by atoms with van der Waals surface area (Å²) in [5, 5.41) is 12.0. The molecule has 1 aliphatic heterocycles. The molecule has 0 saturated carbocycles. The molecular formula is C19H22N6O4S. The van der Waals surface area contributed by atoms with Crippen LogP contribution in [-0.4, -0.2) is 44.4 Å². The van der Waals surface area contributed by atoms with Crippen molar-refractivity contribution in [2.75, 3.05) is 18.8 Å². The number of hydrogen-bond donors (Lipinski definition) is 2. The zero-order valence-electron chi connectivity index (χ0n) is 17.1. The van der Waals surface area contributed by atoms with Gasteiger partial charge in [-0.15, -0.1) is 11.8 Å². The Morgan fingerprint density at radius 2 is 2.07 bits per heavy atom. The van der Waals surface area contributed by atoms with Gasteiger partial charge in [0.15, 0.2) is 11.5 Å². The molecule has 0 bridgehead atoms. The maximum Gasteiger partial charge on any atom is 0.264 e. The summed E-state index contributed by atoms with van der Waals surface area (Å²) < 4.78 is 17.6. The molecule has 0 aliphatic carbocycles. The molecule has 4 rings (SSSR count). The number of nitrogens with zero attached hydrogens (tertiary/aromatic N) is 4. The van der Waals surface area contributed by atoms with Crippen LogP contribution in [0, 0.1) is 0 Å². The molecular weight excluding hydrogens is 408 g/mol. The first-order valence-corrected chi connectivity index (χ1v) is 10.4. The first-order chi connectivity index (χ1) is 14.2. The Balaban J connectivity index is 1.63. The van der Waals surface area contributed by atoms with Crippen LogP contribution in [0.2, 0.25) is 0 Å². The van der Waals surface area contributed by atoms with E-state index < -0.39 is 0 Å². The smallest absolute Gasteiger partial charge is 0.264 e. The van der Waals surface area contributed by atoms with Crippen molar-refractivity contribution in [1.82, 2.24) is 25.2 Å². The van der Waals surface area contributed by atoms with Crippen molar-refractivity contribution in [2.24, 2.45) is 0 Å². The van der Waals surface area contributed by atoms with E-state index in [1.165, 1.54) is 16.4 Å². The van der Waals surface area contributed by atoms with Gasteiger partial charge in [-0.2, -0.15) is 10.1 Å². The highest BCUT2D eigenvalue weighted by Crippen LogP contribution is 2.37. The van der Waals surface area contributed by atoms with Crippen molar-refractivity contribution in [2.45, 2.75) is 37.9 Å². The predicted molar refractivity (Wildman–Crippen MR) is 111 cm³/mol. The van der Waals surface area contributed by atoms with Crippen LogP contribution in [0.15, 0.2) is 27.7 Å². The molecule has 0 radical (unpaired) electrons. The Kier molecular flexibility index (Phi) is 5.06. The predicted octanol–water partition coefficient (Wildman–Crippen LogP) is 2.55. The maximum atomic E-state index is 12.3. The number of aromatic nitrogens is 4. The highest BCUT2D eigenvalue weighted by Gasteiger charge is 2.25. The standard InChI is InChI=1S/C19H22N6O4S/c1-19(2,3)22-13(26)8-25-15(20)14(18(23-25)30-4)17-21-16(24-29-17)10-5-6-11-12(7-10)28-9-27-11/h5-7H,8-9,20H2,1-4H3,(H,22,26). The number of nitrogens with two attached hydrogens (primary N) is 1. The van der Waals surface area contributed by atoms with E-state index in [1.807, 2.05) is 33.1 Å². The van der Waals surface area contributed by atoms with Crippen LogP contribution in [-0.2, 0) is 11.3 Å². The van der Waals surface area contributed by atoms with Gasteiger partial charge >= 0.3 is 0 Å². The van der Waals surface area contributed by atoms with E-state index >= 15 is 0 Å². The van der Waals surface area contributed by atoms with Crippen molar-refractivity contribution >= 4 is 23.5 Å². The minimum atomic E-state index is -0.351. The summed E-state index contributed by atoms with van der Waals surface area (Å²) >= 11 is 1.38. The van der Waals surface area contributed by atoms with E-state index in [0.717, 1.165) is 5.56 Å². The maximum absolute atomic E-state index is 12.3. The first kappa shape index (κ1) is 20.1. The number of rotatable bonds is 5. The molecule has 3 aromatic rings. The van der Waals surface area contributed by atoms with E-state index in [9.17, 15) is 4.79 Å². The summed E-state index contributed by atoms with van der Waals surface area (Å²) in [6.45, 7) is 5.90. The van der Waals surface area contributed by atoms with Crippen molar-refractivity contribution in [1.29, 1.82) is 0 Å². The Bertz CT molecular complexity index is 1100. The Labute approximate surface area is 177 Å². The monoisotopic (exact) mass is 430 g/mol. The fraction of sp³-hybridized carbons (Fsp3) is 0.368. The van der Waals surface area contributed by atoms with Crippen LogP contribution < -0.4 is 20.5 Å². The van der Waals surface area contributed by atoms with Crippen LogP contribution in [0.3, 0.4) is 0 Å². The molecule has 0 spiro atoms. The SMILES string of the molecule is CSc1nn(CC(=O)NC(C)(C)C)c(N)c1-c1nc(-c2ccc3c(c2)OCO3)no1. The Hall–Kier alpha value is -3.21. The van der Waals surface area contributed by atoms with E-state index in [2.05, 4.69) is 20.6 Å². The van der Waals surface area contributed by atoms with E-state index in [4.69, 9.17) is 19.7 Å². The molecule has 1 aromatic carbocycles. The molecule has 3 heterocycles. The molecule has 0 unspecified atom stereocenters. The Morgan fingerprint density at radius 3 is 2.80 bits per heavy atom. The van der Waals surface area contributed by atoms with Gasteiger partial charge in [0.2, 0.25) is 18.5 Å². The molecule has 30 heavy (non-hydrogen) atoms. The number of fused-ring (bicyclic) bond motifs is 1. The fourth-order valence-corrected chi connectivity index (χ4v) is 3.56. The second kappa shape index (κ2) is 7.56. The molecule has 1 aliphatic rings. The summed E-state index contributed by atoms with van der Waals surface area (Å²) in [6.07, 6.45) is 1.86. The highest BCUT2D eigenvalue weighted by molar-refractivity contribution is 7.98. The fourth-order valence-electron chi connectivity index (χ4n) is 2.99. The second-order valence-electron chi connectivity index (χ2n) is 7.72. The van der Waals surface area contributed by atoms with Gasteiger partial charge in [0, 0.05) is 11.1 Å². The van der Waals surface area contributed by atoms with E-state index in [0.29, 0.717) is 27.9 Å². The second-order valence-corrected chi connectivity index (χ2v) is 8.51. The number of benzene rings is 1. The molecule has 11 heteroatoms. The van der Waals surface area contributed by atoms with Crippen LogP contribution in [0.4, 0.5) is 5.82 Å². The average Bonchev–Trinajstić information content (AvgIpc) is 3.38. The number of carbonyl (C=O) groups excluding carboxylic acids is 1. The number of hydrogen-bond acceptors (Lipinski definition) is 9. The van der Waals surface area contributed by atoms with Gasteiger partial charge < -0.3 is 25.0 Å². The lowest BCUT2D eigenvalue weighted by molar-refractivity contribution is -0.123. The highest BCUT2D eigenvalue weighted by atomic mass is 32.2. The number of nitrogen functional groups attached to an aromatic ring is 1. The van der Waals surface area contributed by atoms with Gasteiger partial charge in [0.1, 0.15) is 23.0 Å². The molecule has 1 amide bonds. The zero-order chi connectivity index (χ0) is 21.5. The third kappa shape index (κ3) is 3.92. The van der Waals surface area contributed by atoms with Crippen LogP contribution in [0.5, 0.6) is 11.5 Å². The largest absolute Gasteiger partial charge is 0.454 e. The van der Waals surface area contributed by atoms with Gasteiger partial charge in [-0.25, -0.2) is 4.68 Å². The van der Waals surface area contributed by atoms with Crippen LogP contribution in [0.1, 0.15) is 20.8 Å². The zero-order valence-corrected chi connectivity index (χ0v) is 17.9. The molecule has 2 aromatic heterocycles. The van der Waals surface area contributed by atoms with E-state index in [1.54, 1.807) is 12.1 Å². The van der Waals surface area contributed by atoms with Gasteiger partial charge in [-0.3, -0.25) is 4.79 Å². The molecule has 3 N–H and O–H groups in total. The number of anilines is 1. The number of thioether (sulfide) groups is 1.